The smallest absolute Gasteiger partial charge is 0.343 e. The Bertz CT molecular complexity index is 838. The van der Waals surface area contributed by atoms with E-state index >= 15 is 0 Å². The lowest BCUT2D eigenvalue weighted by atomic mass is 9.96. The molecule has 0 bridgehead atoms. The van der Waals surface area contributed by atoms with E-state index < -0.39 is 5.97 Å². The molecule has 1 aromatic carbocycles. The van der Waals surface area contributed by atoms with Crippen molar-refractivity contribution in [3.05, 3.63) is 44.7 Å². The summed E-state index contributed by atoms with van der Waals surface area (Å²) in [6.45, 7) is 4.97. The molecule has 1 saturated heterocycles. The minimum Gasteiger partial charge on any atom is -0.462 e. The van der Waals surface area contributed by atoms with E-state index in [-0.39, 0.29) is 17.6 Å². The number of nitrogens with zero attached hydrogens (tertiary/aromatic N) is 2. The van der Waals surface area contributed by atoms with Crippen LogP contribution in [-0.4, -0.2) is 42.2 Å². The first-order valence-electron chi connectivity index (χ1n) is 8.68. The predicted octanol–water partition coefficient (Wildman–Crippen LogP) is 3.28. The van der Waals surface area contributed by atoms with E-state index in [1.807, 2.05) is 16.7 Å². The van der Waals surface area contributed by atoms with Crippen LogP contribution >= 0.6 is 15.9 Å². The standard InChI is InChI=1S/C19H23BrN2O3/c1-3-25-19(24)16-12-22(11-13-6-8-21(2)9-7-13)17-5-4-14(20)10-15(17)18(16)23/h4-5,10,12-13H,3,6-9,11H2,1-2H3. The number of likely N-dealkylation sites (tertiary alicyclic amines) is 1. The molecule has 25 heavy (non-hydrogen) atoms. The minimum absolute atomic E-state index is 0.111. The molecule has 5 nitrogen and oxygen atoms in total. The lowest BCUT2D eigenvalue weighted by Gasteiger charge is -2.30. The van der Waals surface area contributed by atoms with Crippen molar-refractivity contribution < 1.29 is 9.53 Å². The Labute approximate surface area is 155 Å². The number of benzene rings is 1. The molecule has 2 aromatic rings. The van der Waals surface area contributed by atoms with Crippen molar-refractivity contribution in [2.24, 2.45) is 5.92 Å². The lowest BCUT2D eigenvalue weighted by molar-refractivity contribution is 0.0524. The van der Waals surface area contributed by atoms with Crippen LogP contribution in [0.1, 0.15) is 30.1 Å². The topological polar surface area (TPSA) is 51.5 Å². The summed E-state index contributed by atoms with van der Waals surface area (Å²) in [6, 6.07) is 5.65. The second-order valence-electron chi connectivity index (χ2n) is 6.65. The second kappa shape index (κ2) is 7.70. The van der Waals surface area contributed by atoms with Crippen molar-refractivity contribution in [2.75, 3.05) is 26.7 Å². The predicted molar refractivity (Wildman–Crippen MR) is 102 cm³/mol. The highest BCUT2D eigenvalue weighted by molar-refractivity contribution is 9.10. The molecule has 1 aliphatic heterocycles. The van der Waals surface area contributed by atoms with Gasteiger partial charge in [-0.15, -0.1) is 0 Å². The van der Waals surface area contributed by atoms with Crippen molar-refractivity contribution in [1.29, 1.82) is 0 Å². The van der Waals surface area contributed by atoms with Gasteiger partial charge in [0.25, 0.3) is 0 Å². The number of carbonyl (C=O) groups excluding carboxylic acids is 1. The molecular formula is C19H23BrN2O3. The van der Waals surface area contributed by atoms with E-state index in [9.17, 15) is 9.59 Å². The molecule has 2 heterocycles. The van der Waals surface area contributed by atoms with Gasteiger partial charge in [0, 0.05) is 22.6 Å². The van der Waals surface area contributed by atoms with Gasteiger partial charge in [0.1, 0.15) is 5.56 Å². The summed E-state index contributed by atoms with van der Waals surface area (Å²) >= 11 is 3.42. The maximum atomic E-state index is 12.7. The molecule has 0 unspecified atom stereocenters. The molecule has 0 radical (unpaired) electrons. The molecule has 1 fully saturated rings. The first-order chi connectivity index (χ1) is 12.0. The normalized spacial score (nSPS) is 16.3. The lowest BCUT2D eigenvalue weighted by Crippen LogP contribution is -2.32. The summed E-state index contributed by atoms with van der Waals surface area (Å²) in [7, 11) is 2.14. The number of hydrogen-bond acceptors (Lipinski definition) is 4. The van der Waals surface area contributed by atoms with Gasteiger partial charge in [0.05, 0.1) is 12.1 Å². The Balaban J connectivity index is 2.05. The molecule has 134 valence electrons. The molecule has 6 heteroatoms. The highest BCUT2D eigenvalue weighted by Gasteiger charge is 2.21. The maximum absolute atomic E-state index is 12.7. The zero-order valence-electron chi connectivity index (χ0n) is 14.6. The number of halogens is 1. The molecule has 1 aliphatic rings. The third-order valence-electron chi connectivity index (χ3n) is 4.83. The van der Waals surface area contributed by atoms with E-state index in [4.69, 9.17) is 4.74 Å². The number of aromatic nitrogens is 1. The number of piperidine rings is 1. The summed E-state index contributed by atoms with van der Waals surface area (Å²) in [5.74, 6) is -0.00732. The van der Waals surface area contributed by atoms with Gasteiger partial charge in [0.2, 0.25) is 5.43 Å². The van der Waals surface area contributed by atoms with E-state index in [2.05, 4.69) is 27.9 Å². The Kier molecular flexibility index (Phi) is 5.59. The van der Waals surface area contributed by atoms with Crippen LogP contribution in [0.3, 0.4) is 0 Å². The Hall–Kier alpha value is -1.66. The molecule has 3 rings (SSSR count). The first kappa shape index (κ1) is 18.1. The Morgan fingerprint density at radius 2 is 2.04 bits per heavy atom. The van der Waals surface area contributed by atoms with Crippen molar-refractivity contribution in [1.82, 2.24) is 9.47 Å². The first-order valence-corrected chi connectivity index (χ1v) is 9.47. The molecule has 0 amide bonds. The highest BCUT2D eigenvalue weighted by atomic mass is 79.9. The van der Waals surface area contributed by atoms with E-state index in [0.717, 1.165) is 42.5 Å². The molecule has 0 saturated carbocycles. The third kappa shape index (κ3) is 3.96. The van der Waals surface area contributed by atoms with Gasteiger partial charge in [-0.1, -0.05) is 15.9 Å². The molecule has 0 aliphatic carbocycles. The second-order valence-corrected chi connectivity index (χ2v) is 7.57. The van der Waals surface area contributed by atoms with Crippen molar-refractivity contribution in [3.8, 4) is 0 Å². The number of ether oxygens (including phenoxy) is 1. The number of esters is 1. The number of hydrogen-bond donors (Lipinski definition) is 0. The largest absolute Gasteiger partial charge is 0.462 e. The van der Waals surface area contributed by atoms with E-state index in [1.54, 1.807) is 19.2 Å². The fourth-order valence-corrected chi connectivity index (χ4v) is 3.76. The van der Waals surface area contributed by atoms with Gasteiger partial charge in [-0.2, -0.15) is 0 Å². The van der Waals surface area contributed by atoms with Crippen LogP contribution < -0.4 is 5.43 Å². The van der Waals surface area contributed by atoms with Gasteiger partial charge >= 0.3 is 5.97 Å². The number of carbonyl (C=O) groups is 1. The fourth-order valence-electron chi connectivity index (χ4n) is 3.40. The van der Waals surface area contributed by atoms with Crippen molar-refractivity contribution in [3.63, 3.8) is 0 Å². The quantitative estimate of drug-likeness (QED) is 0.730. The van der Waals surface area contributed by atoms with Crippen LogP contribution in [-0.2, 0) is 11.3 Å². The molecular weight excluding hydrogens is 384 g/mol. The molecule has 0 N–H and O–H groups in total. The minimum atomic E-state index is -0.550. The Morgan fingerprint density at radius 3 is 2.72 bits per heavy atom. The van der Waals surface area contributed by atoms with Crippen LogP contribution in [0, 0.1) is 5.92 Å². The zero-order chi connectivity index (χ0) is 18.0. The average molecular weight is 407 g/mol. The molecule has 0 atom stereocenters. The van der Waals surface area contributed by atoms with E-state index in [0.29, 0.717) is 11.3 Å². The number of pyridine rings is 1. The SMILES string of the molecule is CCOC(=O)c1cn(CC2CCN(C)CC2)c2ccc(Br)cc2c1=O. The third-order valence-corrected chi connectivity index (χ3v) is 5.32. The monoisotopic (exact) mass is 406 g/mol. The summed E-state index contributed by atoms with van der Waals surface area (Å²) in [5.41, 5.74) is 0.704. The number of rotatable bonds is 4. The van der Waals surface area contributed by atoms with Crippen LogP contribution in [0.25, 0.3) is 10.9 Å². The zero-order valence-corrected chi connectivity index (χ0v) is 16.2. The summed E-state index contributed by atoms with van der Waals surface area (Å²) in [6.07, 6.45) is 3.92. The Morgan fingerprint density at radius 1 is 1.32 bits per heavy atom. The van der Waals surface area contributed by atoms with Crippen LogP contribution in [0.15, 0.2) is 33.7 Å². The van der Waals surface area contributed by atoms with Crippen molar-refractivity contribution >= 4 is 32.8 Å². The summed E-state index contributed by atoms with van der Waals surface area (Å²) < 4.78 is 7.95. The van der Waals surface area contributed by atoms with Crippen LogP contribution in [0.4, 0.5) is 0 Å². The average Bonchev–Trinajstić information content (AvgIpc) is 2.59. The van der Waals surface area contributed by atoms with Crippen LogP contribution in [0.5, 0.6) is 0 Å². The summed E-state index contributed by atoms with van der Waals surface area (Å²) in [4.78, 5) is 27.3. The molecule has 0 spiro atoms. The maximum Gasteiger partial charge on any atom is 0.343 e. The number of fused-ring (bicyclic) bond motifs is 1. The summed E-state index contributed by atoms with van der Waals surface area (Å²) in [5, 5.41) is 0.549. The fraction of sp³-hybridized carbons (Fsp3) is 0.474. The van der Waals surface area contributed by atoms with E-state index in [1.165, 1.54) is 0 Å². The van der Waals surface area contributed by atoms with Crippen molar-refractivity contribution in [2.45, 2.75) is 26.3 Å². The molecule has 1 aromatic heterocycles. The van der Waals surface area contributed by atoms with Gasteiger partial charge in [-0.3, -0.25) is 4.79 Å². The highest BCUT2D eigenvalue weighted by Crippen LogP contribution is 2.23. The van der Waals surface area contributed by atoms with Gasteiger partial charge in [-0.05, 0) is 64.0 Å². The van der Waals surface area contributed by atoms with Crippen LogP contribution in [0.2, 0.25) is 0 Å². The van der Waals surface area contributed by atoms with Gasteiger partial charge in [0.15, 0.2) is 0 Å². The van der Waals surface area contributed by atoms with Gasteiger partial charge < -0.3 is 14.2 Å². The van der Waals surface area contributed by atoms with Gasteiger partial charge in [-0.25, -0.2) is 4.79 Å².